The van der Waals surface area contributed by atoms with E-state index in [-0.39, 0.29) is 5.04 Å². The molecule has 0 saturated heterocycles. The van der Waals surface area contributed by atoms with Gasteiger partial charge in [0.15, 0.2) is 8.32 Å². The first-order valence-corrected chi connectivity index (χ1v) is 10.9. The van der Waals surface area contributed by atoms with Crippen molar-refractivity contribution in [2.45, 2.75) is 44.9 Å². The van der Waals surface area contributed by atoms with Gasteiger partial charge < -0.3 is 4.43 Å². The molecule has 1 aromatic rings. The van der Waals surface area contributed by atoms with Crippen molar-refractivity contribution < 1.29 is 4.43 Å². The van der Waals surface area contributed by atoms with Crippen molar-refractivity contribution in [2.75, 3.05) is 6.61 Å². The summed E-state index contributed by atoms with van der Waals surface area (Å²) < 4.78 is 6.19. The lowest BCUT2D eigenvalue weighted by Gasteiger charge is -2.36. The van der Waals surface area contributed by atoms with E-state index >= 15 is 0 Å². The molecule has 3 heteroatoms. The molecular formula is C16H26OSi2. The van der Waals surface area contributed by atoms with Gasteiger partial charge in [0.1, 0.15) is 0 Å². The molecule has 1 aromatic carbocycles. The molecular weight excluding hydrogens is 264 g/mol. The molecule has 0 aliphatic carbocycles. The van der Waals surface area contributed by atoms with Gasteiger partial charge in [0.2, 0.25) is 0 Å². The summed E-state index contributed by atoms with van der Waals surface area (Å²) in [6.07, 6.45) is 0. The van der Waals surface area contributed by atoms with Gasteiger partial charge in [0.25, 0.3) is 0 Å². The second kappa shape index (κ2) is 6.68. The molecule has 2 radical (unpaired) electrons. The minimum absolute atomic E-state index is 0.274. The standard InChI is InChI=1S/C16H26OSi2/c1-14(12-17-19(5,6)16(2,3)4)18-13-15-10-8-7-9-11-15/h7-11H,1,12-13H2,2-6H3. The van der Waals surface area contributed by atoms with Crippen LogP contribution in [0.25, 0.3) is 0 Å². The molecule has 1 rings (SSSR count). The second-order valence-electron chi connectivity index (χ2n) is 6.49. The molecule has 0 aromatic heterocycles. The van der Waals surface area contributed by atoms with Gasteiger partial charge in [-0.15, -0.1) is 6.58 Å². The zero-order valence-electron chi connectivity index (χ0n) is 12.9. The van der Waals surface area contributed by atoms with Crippen LogP contribution < -0.4 is 0 Å². The third-order valence-corrected chi connectivity index (χ3v) is 9.51. The maximum atomic E-state index is 6.19. The predicted molar refractivity (Wildman–Crippen MR) is 88.2 cm³/mol. The molecule has 0 spiro atoms. The van der Waals surface area contributed by atoms with Crippen LogP contribution in [-0.4, -0.2) is 24.4 Å². The van der Waals surface area contributed by atoms with Crippen molar-refractivity contribution >= 4 is 17.8 Å². The van der Waals surface area contributed by atoms with E-state index in [1.807, 2.05) is 0 Å². The lowest BCUT2D eigenvalue weighted by molar-refractivity contribution is 0.324. The monoisotopic (exact) mass is 290 g/mol. The lowest BCUT2D eigenvalue weighted by Crippen LogP contribution is -2.41. The molecule has 104 valence electrons. The van der Waals surface area contributed by atoms with Crippen LogP contribution in [0.3, 0.4) is 0 Å². The van der Waals surface area contributed by atoms with Crippen LogP contribution in [0.1, 0.15) is 26.3 Å². The first kappa shape index (κ1) is 16.4. The van der Waals surface area contributed by atoms with Gasteiger partial charge in [-0.25, -0.2) is 0 Å². The van der Waals surface area contributed by atoms with E-state index in [4.69, 9.17) is 4.43 Å². The molecule has 0 fully saturated rings. The van der Waals surface area contributed by atoms with Crippen molar-refractivity contribution in [3.8, 4) is 0 Å². The number of rotatable bonds is 6. The Labute approximate surface area is 122 Å². The minimum atomic E-state index is -1.63. The average molecular weight is 291 g/mol. The third kappa shape index (κ3) is 5.47. The molecule has 1 nitrogen and oxygen atoms in total. The van der Waals surface area contributed by atoms with Gasteiger partial charge in [-0.2, -0.15) is 0 Å². The molecule has 0 unspecified atom stereocenters. The van der Waals surface area contributed by atoms with E-state index < -0.39 is 8.32 Å². The normalized spacial score (nSPS) is 12.5. The Bertz CT molecular complexity index is 405. The van der Waals surface area contributed by atoms with Gasteiger partial charge in [0.05, 0.1) is 16.1 Å². The maximum absolute atomic E-state index is 6.19. The van der Waals surface area contributed by atoms with Crippen LogP contribution in [0.2, 0.25) is 18.1 Å². The SMILES string of the molecule is C=C(CO[Si](C)(C)C(C)(C)C)[Si]Cc1ccccc1. The Hall–Kier alpha value is -0.646. The van der Waals surface area contributed by atoms with Gasteiger partial charge in [-0.3, -0.25) is 0 Å². The van der Waals surface area contributed by atoms with Crippen molar-refractivity contribution in [3.63, 3.8) is 0 Å². The first-order valence-electron chi connectivity index (χ1n) is 6.82. The minimum Gasteiger partial charge on any atom is -0.413 e. The molecule has 0 N–H and O–H groups in total. The topological polar surface area (TPSA) is 9.23 Å². The van der Waals surface area contributed by atoms with Gasteiger partial charge in [-0.1, -0.05) is 61.9 Å². The number of hydrogen-bond donors (Lipinski definition) is 0. The van der Waals surface area contributed by atoms with Crippen LogP contribution in [0.5, 0.6) is 0 Å². The summed E-state index contributed by atoms with van der Waals surface area (Å²) in [4.78, 5) is 0. The molecule has 0 aliphatic heterocycles. The summed E-state index contributed by atoms with van der Waals surface area (Å²) in [6, 6.07) is 11.7. The van der Waals surface area contributed by atoms with Gasteiger partial charge in [-0.05, 0) is 24.2 Å². The van der Waals surface area contributed by atoms with E-state index in [2.05, 4.69) is 70.8 Å². The largest absolute Gasteiger partial charge is 0.413 e. The van der Waals surface area contributed by atoms with E-state index in [1.54, 1.807) is 0 Å². The highest BCUT2D eigenvalue weighted by molar-refractivity contribution is 6.74. The Morgan fingerprint density at radius 1 is 1.21 bits per heavy atom. The summed E-state index contributed by atoms with van der Waals surface area (Å²) in [7, 11) is -0.877. The fraction of sp³-hybridized carbons (Fsp3) is 0.500. The van der Waals surface area contributed by atoms with Crippen molar-refractivity contribution in [1.82, 2.24) is 0 Å². The zero-order valence-corrected chi connectivity index (χ0v) is 14.9. The Morgan fingerprint density at radius 3 is 2.32 bits per heavy atom. The van der Waals surface area contributed by atoms with Crippen molar-refractivity contribution in [1.29, 1.82) is 0 Å². The van der Waals surface area contributed by atoms with E-state index in [0.717, 1.165) is 22.2 Å². The Balaban J connectivity index is 2.37. The van der Waals surface area contributed by atoms with E-state index in [0.29, 0.717) is 0 Å². The summed E-state index contributed by atoms with van der Waals surface area (Å²) in [5.74, 6) is 0. The highest BCUT2D eigenvalue weighted by Crippen LogP contribution is 2.36. The van der Waals surface area contributed by atoms with Crippen molar-refractivity contribution in [2.24, 2.45) is 0 Å². The fourth-order valence-electron chi connectivity index (χ4n) is 1.36. The number of hydrogen-bond acceptors (Lipinski definition) is 1. The molecule has 0 heterocycles. The summed E-state index contributed by atoms with van der Waals surface area (Å²) in [5, 5.41) is 1.50. The fourth-order valence-corrected chi connectivity index (χ4v) is 3.33. The quantitative estimate of drug-likeness (QED) is 0.704. The highest BCUT2D eigenvalue weighted by atomic mass is 28.4. The van der Waals surface area contributed by atoms with Crippen LogP contribution in [0, 0.1) is 0 Å². The molecule has 0 amide bonds. The summed E-state index contributed by atoms with van der Waals surface area (Å²) in [6.45, 7) is 16.3. The van der Waals surface area contributed by atoms with Crippen LogP contribution in [0.4, 0.5) is 0 Å². The first-order chi connectivity index (χ1) is 8.72. The smallest absolute Gasteiger partial charge is 0.192 e. The molecule has 0 bridgehead atoms. The Kier molecular flexibility index (Phi) is 5.77. The van der Waals surface area contributed by atoms with Gasteiger partial charge >= 0.3 is 0 Å². The molecule has 0 atom stereocenters. The lowest BCUT2D eigenvalue weighted by atomic mass is 10.2. The van der Waals surface area contributed by atoms with Gasteiger partial charge in [0, 0.05) is 0 Å². The predicted octanol–water partition coefficient (Wildman–Crippen LogP) is 4.43. The molecule has 0 aliphatic rings. The summed E-state index contributed by atoms with van der Waals surface area (Å²) in [5.41, 5.74) is 1.38. The van der Waals surface area contributed by atoms with Crippen LogP contribution in [-0.2, 0) is 10.5 Å². The van der Waals surface area contributed by atoms with E-state index in [9.17, 15) is 0 Å². The Morgan fingerprint density at radius 2 is 1.79 bits per heavy atom. The molecule has 19 heavy (non-hydrogen) atoms. The second-order valence-corrected chi connectivity index (χ2v) is 12.7. The van der Waals surface area contributed by atoms with Crippen LogP contribution >= 0.6 is 0 Å². The summed E-state index contributed by atoms with van der Waals surface area (Å²) >= 11 is 0. The average Bonchev–Trinajstić information content (AvgIpc) is 2.34. The zero-order chi connectivity index (χ0) is 14.5. The highest BCUT2D eigenvalue weighted by Gasteiger charge is 2.36. The van der Waals surface area contributed by atoms with Crippen LogP contribution in [0.15, 0.2) is 42.1 Å². The third-order valence-electron chi connectivity index (χ3n) is 3.80. The van der Waals surface area contributed by atoms with Crippen molar-refractivity contribution in [3.05, 3.63) is 47.7 Å². The maximum Gasteiger partial charge on any atom is 0.192 e. The molecule has 0 saturated carbocycles. The van der Waals surface area contributed by atoms with E-state index in [1.165, 1.54) is 10.8 Å². The number of benzene rings is 1.